The summed E-state index contributed by atoms with van der Waals surface area (Å²) in [6.07, 6.45) is 0. The second kappa shape index (κ2) is 7.15. The summed E-state index contributed by atoms with van der Waals surface area (Å²) in [5.41, 5.74) is 1.73. The van der Waals surface area contributed by atoms with Gasteiger partial charge in [0.05, 0.1) is 17.9 Å². The quantitative estimate of drug-likeness (QED) is 0.852. The smallest absolute Gasteiger partial charge is 0.335 e. The minimum absolute atomic E-state index is 0.195. The number of nitrogens with zero attached hydrogens (tertiary/aromatic N) is 1. The molecule has 0 aliphatic heterocycles. The lowest BCUT2D eigenvalue weighted by Crippen LogP contribution is -2.22. The molecule has 0 unspecified atom stereocenters. The maximum atomic E-state index is 12.2. The highest BCUT2D eigenvalue weighted by molar-refractivity contribution is 7.13. The van der Waals surface area contributed by atoms with Crippen LogP contribution in [-0.4, -0.2) is 29.1 Å². The number of carbonyl (C=O) groups excluding carboxylic acids is 1. The zero-order valence-corrected chi connectivity index (χ0v) is 13.1. The number of hydrogen-bond acceptors (Lipinski definition) is 5. The van der Waals surface area contributed by atoms with Crippen LogP contribution in [0.15, 0.2) is 24.3 Å². The fourth-order valence-electron chi connectivity index (χ4n) is 1.88. The molecule has 6 nitrogen and oxygen atoms in total. The van der Waals surface area contributed by atoms with E-state index in [1.165, 1.54) is 23.5 Å². The molecule has 0 aliphatic rings. The van der Waals surface area contributed by atoms with E-state index in [1.54, 1.807) is 26.2 Å². The second-order valence-electron chi connectivity index (χ2n) is 4.64. The van der Waals surface area contributed by atoms with E-state index in [0.29, 0.717) is 23.7 Å². The fourth-order valence-corrected chi connectivity index (χ4v) is 2.83. The zero-order valence-electron chi connectivity index (χ0n) is 12.3. The maximum Gasteiger partial charge on any atom is 0.335 e. The highest BCUT2D eigenvalue weighted by Crippen LogP contribution is 2.18. The van der Waals surface area contributed by atoms with Crippen LogP contribution < -0.4 is 5.32 Å². The third-order valence-electron chi connectivity index (χ3n) is 2.97. The molecule has 7 heteroatoms. The van der Waals surface area contributed by atoms with Crippen LogP contribution in [0.1, 0.15) is 36.3 Å². The molecule has 2 N–H and O–H groups in total. The number of aryl methyl sites for hydroxylation is 1. The average molecular weight is 320 g/mol. The summed E-state index contributed by atoms with van der Waals surface area (Å²) in [5.74, 6) is -1.17. The second-order valence-corrected chi connectivity index (χ2v) is 5.72. The van der Waals surface area contributed by atoms with Gasteiger partial charge in [-0.25, -0.2) is 9.78 Å². The van der Waals surface area contributed by atoms with Gasteiger partial charge in [-0.1, -0.05) is 12.1 Å². The molecular weight excluding hydrogens is 304 g/mol. The van der Waals surface area contributed by atoms with E-state index in [-0.39, 0.29) is 11.5 Å². The molecule has 0 fully saturated rings. The van der Waals surface area contributed by atoms with E-state index < -0.39 is 5.97 Å². The highest BCUT2D eigenvalue weighted by atomic mass is 32.1. The number of rotatable bonds is 6. The van der Waals surface area contributed by atoms with Crippen molar-refractivity contribution in [1.82, 2.24) is 10.3 Å². The summed E-state index contributed by atoms with van der Waals surface area (Å²) >= 11 is 1.31. The third-order valence-corrected chi connectivity index (χ3v) is 4.10. The van der Waals surface area contributed by atoms with Crippen molar-refractivity contribution in [2.24, 2.45) is 0 Å². The number of nitrogens with one attached hydrogen (secondary N) is 1. The number of aromatic carboxylic acids is 1. The Morgan fingerprint density at radius 2 is 2.00 bits per heavy atom. The van der Waals surface area contributed by atoms with Gasteiger partial charge < -0.3 is 15.2 Å². The molecule has 22 heavy (non-hydrogen) atoms. The van der Waals surface area contributed by atoms with Crippen LogP contribution in [0.5, 0.6) is 0 Å². The average Bonchev–Trinajstić information content (AvgIpc) is 2.86. The van der Waals surface area contributed by atoms with Crippen molar-refractivity contribution in [3.8, 4) is 0 Å². The Hall–Kier alpha value is -2.25. The molecule has 0 saturated heterocycles. The predicted molar refractivity (Wildman–Crippen MR) is 82.1 cm³/mol. The maximum absolute atomic E-state index is 12.2. The third kappa shape index (κ3) is 3.90. The number of ether oxygens (including phenoxy) is 1. The van der Waals surface area contributed by atoms with Crippen LogP contribution in [-0.2, 0) is 17.9 Å². The van der Waals surface area contributed by atoms with Gasteiger partial charge in [0, 0.05) is 13.7 Å². The molecule has 2 rings (SSSR count). The summed E-state index contributed by atoms with van der Waals surface area (Å²) < 4.78 is 5.00. The highest BCUT2D eigenvalue weighted by Gasteiger charge is 2.15. The van der Waals surface area contributed by atoms with Gasteiger partial charge in [0.2, 0.25) is 0 Å². The van der Waals surface area contributed by atoms with Crippen LogP contribution >= 0.6 is 11.3 Å². The van der Waals surface area contributed by atoms with E-state index in [4.69, 9.17) is 9.84 Å². The van der Waals surface area contributed by atoms with Gasteiger partial charge in [-0.15, -0.1) is 11.3 Å². The number of benzene rings is 1. The molecule has 1 aromatic carbocycles. The van der Waals surface area contributed by atoms with Gasteiger partial charge in [-0.05, 0) is 24.6 Å². The summed E-state index contributed by atoms with van der Waals surface area (Å²) in [6, 6.07) is 6.39. The van der Waals surface area contributed by atoms with Crippen molar-refractivity contribution < 1.29 is 19.4 Å². The SMILES string of the molecule is COCc1nc(C)c(C(=O)NCc2ccc(C(=O)O)cc2)s1. The molecule has 0 saturated carbocycles. The molecule has 0 radical (unpaired) electrons. The van der Waals surface area contributed by atoms with Crippen LogP contribution in [0, 0.1) is 6.92 Å². The zero-order chi connectivity index (χ0) is 16.1. The van der Waals surface area contributed by atoms with Gasteiger partial charge in [0.1, 0.15) is 9.88 Å². The largest absolute Gasteiger partial charge is 0.478 e. The monoisotopic (exact) mass is 320 g/mol. The van der Waals surface area contributed by atoms with E-state index in [1.807, 2.05) is 0 Å². The lowest BCUT2D eigenvalue weighted by Gasteiger charge is -2.04. The van der Waals surface area contributed by atoms with E-state index in [9.17, 15) is 9.59 Å². The molecular formula is C15H16N2O4S. The number of hydrogen-bond donors (Lipinski definition) is 2. The molecule has 2 aromatic rings. The van der Waals surface area contributed by atoms with Gasteiger partial charge >= 0.3 is 5.97 Å². The van der Waals surface area contributed by atoms with E-state index in [0.717, 1.165) is 10.6 Å². The van der Waals surface area contributed by atoms with Crippen LogP contribution in [0.25, 0.3) is 0 Å². The number of aromatic nitrogens is 1. The molecule has 1 amide bonds. The Balaban J connectivity index is 1.99. The summed E-state index contributed by atoms with van der Waals surface area (Å²) in [4.78, 5) is 27.8. The van der Waals surface area contributed by atoms with Crippen LogP contribution in [0.3, 0.4) is 0 Å². The van der Waals surface area contributed by atoms with E-state index in [2.05, 4.69) is 10.3 Å². The fraction of sp³-hybridized carbons (Fsp3) is 0.267. The molecule has 0 aliphatic carbocycles. The molecule has 0 atom stereocenters. The molecule has 116 valence electrons. The predicted octanol–water partition coefficient (Wildman–Crippen LogP) is 2.23. The van der Waals surface area contributed by atoms with E-state index >= 15 is 0 Å². The lowest BCUT2D eigenvalue weighted by atomic mass is 10.1. The van der Waals surface area contributed by atoms with Crippen molar-refractivity contribution >= 4 is 23.2 Å². The number of carboxylic acid groups (broad SMARTS) is 1. The lowest BCUT2D eigenvalue weighted by molar-refractivity contribution is 0.0696. The minimum atomic E-state index is -0.971. The first kappa shape index (κ1) is 16.1. The first-order valence-electron chi connectivity index (χ1n) is 6.57. The Morgan fingerprint density at radius 1 is 1.32 bits per heavy atom. The first-order chi connectivity index (χ1) is 10.5. The van der Waals surface area contributed by atoms with Crippen molar-refractivity contribution in [3.63, 3.8) is 0 Å². The molecule has 1 aromatic heterocycles. The number of carboxylic acids is 1. The van der Waals surface area contributed by atoms with Crippen molar-refractivity contribution in [2.45, 2.75) is 20.1 Å². The van der Waals surface area contributed by atoms with Crippen LogP contribution in [0.2, 0.25) is 0 Å². The van der Waals surface area contributed by atoms with Crippen molar-refractivity contribution in [3.05, 3.63) is 51.0 Å². The Bertz CT molecular complexity index is 679. The van der Waals surface area contributed by atoms with Gasteiger partial charge in [0.25, 0.3) is 5.91 Å². The number of amides is 1. The van der Waals surface area contributed by atoms with Crippen LogP contribution in [0.4, 0.5) is 0 Å². The van der Waals surface area contributed by atoms with Crippen molar-refractivity contribution in [2.75, 3.05) is 7.11 Å². The molecule has 0 spiro atoms. The summed E-state index contributed by atoms with van der Waals surface area (Å²) in [7, 11) is 1.58. The Morgan fingerprint density at radius 3 is 2.59 bits per heavy atom. The van der Waals surface area contributed by atoms with Gasteiger partial charge in [-0.3, -0.25) is 4.79 Å². The normalized spacial score (nSPS) is 10.5. The minimum Gasteiger partial charge on any atom is -0.478 e. The number of carbonyl (C=O) groups is 2. The molecule has 1 heterocycles. The topological polar surface area (TPSA) is 88.5 Å². The van der Waals surface area contributed by atoms with Crippen molar-refractivity contribution in [1.29, 1.82) is 0 Å². The Labute approximate surface area is 131 Å². The summed E-state index contributed by atoms with van der Waals surface area (Å²) in [5, 5.41) is 12.4. The van der Waals surface area contributed by atoms with Gasteiger partial charge in [-0.2, -0.15) is 0 Å². The summed E-state index contributed by atoms with van der Waals surface area (Å²) in [6.45, 7) is 2.50. The number of thiazole rings is 1. The standard InChI is InChI=1S/C15H16N2O4S/c1-9-13(22-12(17-9)8-21-2)14(18)16-7-10-3-5-11(6-4-10)15(19)20/h3-6H,7-8H2,1-2H3,(H,16,18)(H,19,20). The molecule has 0 bridgehead atoms. The number of methoxy groups -OCH3 is 1. The van der Waals surface area contributed by atoms with Gasteiger partial charge in [0.15, 0.2) is 0 Å². The Kier molecular flexibility index (Phi) is 5.24. The first-order valence-corrected chi connectivity index (χ1v) is 7.38.